The van der Waals surface area contributed by atoms with E-state index in [1.807, 2.05) is 6.07 Å². The molecule has 0 spiro atoms. The molecule has 0 aliphatic heterocycles. The lowest BCUT2D eigenvalue weighted by Crippen LogP contribution is -2.37. The Labute approximate surface area is 120 Å². The number of alkyl halides is 2. The minimum atomic E-state index is -2.63. The molecule has 1 rings (SSSR count). The first-order chi connectivity index (χ1) is 9.97. The summed E-state index contributed by atoms with van der Waals surface area (Å²) in [6.07, 6.45) is -4.43. The fourth-order valence-corrected chi connectivity index (χ4v) is 1.69. The van der Waals surface area contributed by atoms with E-state index < -0.39 is 31.0 Å². The molecular formula is C14H17F2NO4. The van der Waals surface area contributed by atoms with E-state index in [9.17, 15) is 18.4 Å². The van der Waals surface area contributed by atoms with E-state index in [4.69, 9.17) is 9.84 Å². The van der Waals surface area contributed by atoms with Crippen LogP contribution in [0.4, 0.5) is 13.6 Å². The Morgan fingerprint density at radius 1 is 1.24 bits per heavy atom. The third-order valence-corrected chi connectivity index (χ3v) is 2.70. The van der Waals surface area contributed by atoms with Gasteiger partial charge in [0.2, 0.25) is 6.43 Å². The highest BCUT2D eigenvalue weighted by Crippen LogP contribution is 2.10. The van der Waals surface area contributed by atoms with Gasteiger partial charge in [0.1, 0.15) is 6.61 Å². The number of nitrogens with one attached hydrogen (secondary N) is 1. The number of ether oxygens (including phenoxy) is 1. The second-order valence-corrected chi connectivity index (χ2v) is 4.46. The van der Waals surface area contributed by atoms with Crippen LogP contribution < -0.4 is 5.32 Å². The van der Waals surface area contributed by atoms with Crippen LogP contribution in [-0.2, 0) is 16.1 Å². The molecule has 0 saturated heterocycles. The van der Waals surface area contributed by atoms with Gasteiger partial charge in [-0.2, -0.15) is 0 Å². The van der Waals surface area contributed by atoms with Crippen molar-refractivity contribution in [3.05, 3.63) is 35.9 Å². The van der Waals surface area contributed by atoms with Gasteiger partial charge in [-0.3, -0.25) is 4.79 Å². The summed E-state index contributed by atoms with van der Waals surface area (Å²) in [6.45, 7) is 0.0208. The second-order valence-electron chi connectivity index (χ2n) is 4.46. The van der Waals surface area contributed by atoms with Gasteiger partial charge in [-0.15, -0.1) is 0 Å². The van der Waals surface area contributed by atoms with Crippen LogP contribution in [0.5, 0.6) is 0 Å². The summed E-state index contributed by atoms with van der Waals surface area (Å²) in [5.74, 6) is -1.10. The minimum absolute atomic E-state index is 0.0208. The number of carboxylic acids is 1. The minimum Gasteiger partial charge on any atom is -0.481 e. The SMILES string of the molecule is O=C(O)CCC(CC(F)F)NC(=O)OCc1ccccc1. The summed E-state index contributed by atoms with van der Waals surface area (Å²) in [5.41, 5.74) is 0.767. The summed E-state index contributed by atoms with van der Waals surface area (Å²) in [5, 5.41) is 10.8. The Balaban J connectivity index is 2.41. The van der Waals surface area contributed by atoms with E-state index >= 15 is 0 Å². The third-order valence-electron chi connectivity index (χ3n) is 2.70. The topological polar surface area (TPSA) is 75.6 Å². The van der Waals surface area contributed by atoms with Crippen LogP contribution in [0.1, 0.15) is 24.8 Å². The number of carbonyl (C=O) groups excluding carboxylic acids is 1. The number of amides is 1. The zero-order valence-electron chi connectivity index (χ0n) is 11.3. The lowest BCUT2D eigenvalue weighted by atomic mass is 10.1. The van der Waals surface area contributed by atoms with Gasteiger partial charge in [0, 0.05) is 18.9 Å². The van der Waals surface area contributed by atoms with Gasteiger partial charge in [-0.25, -0.2) is 13.6 Å². The first-order valence-corrected chi connectivity index (χ1v) is 6.44. The number of alkyl carbamates (subject to hydrolysis) is 1. The highest BCUT2D eigenvalue weighted by atomic mass is 19.3. The summed E-state index contributed by atoms with van der Waals surface area (Å²) in [4.78, 5) is 22.0. The van der Waals surface area contributed by atoms with Crippen molar-refractivity contribution in [3.8, 4) is 0 Å². The van der Waals surface area contributed by atoms with Gasteiger partial charge >= 0.3 is 12.1 Å². The molecule has 0 aliphatic rings. The molecular weight excluding hydrogens is 284 g/mol. The van der Waals surface area contributed by atoms with Crippen LogP contribution >= 0.6 is 0 Å². The van der Waals surface area contributed by atoms with Crippen molar-refractivity contribution in [3.63, 3.8) is 0 Å². The number of aliphatic carboxylic acids is 1. The number of benzene rings is 1. The number of hydrogen-bond acceptors (Lipinski definition) is 3. The first-order valence-electron chi connectivity index (χ1n) is 6.44. The standard InChI is InChI=1S/C14H17F2NO4/c15-12(16)8-11(6-7-13(18)19)17-14(20)21-9-10-4-2-1-3-5-10/h1-5,11-12H,6-9H2,(H,17,20)(H,18,19). The molecule has 1 aromatic carbocycles. The Hall–Kier alpha value is -2.18. The average molecular weight is 301 g/mol. The lowest BCUT2D eigenvalue weighted by Gasteiger charge is -2.17. The van der Waals surface area contributed by atoms with Gasteiger partial charge in [0.15, 0.2) is 0 Å². The van der Waals surface area contributed by atoms with Crippen molar-refractivity contribution >= 4 is 12.1 Å². The van der Waals surface area contributed by atoms with Crippen LogP contribution in [0.3, 0.4) is 0 Å². The highest BCUT2D eigenvalue weighted by Gasteiger charge is 2.19. The molecule has 0 aromatic heterocycles. The largest absolute Gasteiger partial charge is 0.481 e. The fraction of sp³-hybridized carbons (Fsp3) is 0.429. The number of carboxylic acid groups (broad SMARTS) is 1. The predicted octanol–water partition coefficient (Wildman–Crippen LogP) is 2.80. The van der Waals surface area contributed by atoms with Gasteiger partial charge < -0.3 is 15.2 Å². The third kappa shape index (κ3) is 7.86. The number of halogens is 2. The van der Waals surface area contributed by atoms with E-state index in [0.717, 1.165) is 5.56 Å². The number of hydrogen-bond donors (Lipinski definition) is 2. The van der Waals surface area contributed by atoms with Crippen molar-refractivity contribution in [1.82, 2.24) is 5.32 Å². The molecule has 1 unspecified atom stereocenters. The van der Waals surface area contributed by atoms with Gasteiger partial charge in [-0.05, 0) is 12.0 Å². The van der Waals surface area contributed by atoms with E-state index in [1.165, 1.54) is 0 Å². The maximum absolute atomic E-state index is 12.4. The summed E-state index contributed by atoms with van der Waals surface area (Å²) < 4.78 is 29.6. The zero-order valence-corrected chi connectivity index (χ0v) is 11.3. The van der Waals surface area contributed by atoms with Crippen LogP contribution in [0.2, 0.25) is 0 Å². The summed E-state index contributed by atoms with van der Waals surface area (Å²) in [7, 11) is 0. The van der Waals surface area contributed by atoms with Gasteiger partial charge in [-0.1, -0.05) is 30.3 Å². The molecule has 0 radical (unpaired) electrons. The normalized spacial score (nSPS) is 12.0. The fourth-order valence-electron chi connectivity index (χ4n) is 1.69. The molecule has 0 heterocycles. The predicted molar refractivity (Wildman–Crippen MR) is 71.0 cm³/mol. The Morgan fingerprint density at radius 2 is 1.90 bits per heavy atom. The quantitative estimate of drug-likeness (QED) is 0.774. The Morgan fingerprint density at radius 3 is 2.48 bits per heavy atom. The lowest BCUT2D eigenvalue weighted by molar-refractivity contribution is -0.137. The van der Waals surface area contributed by atoms with Gasteiger partial charge in [0.05, 0.1) is 0 Å². The van der Waals surface area contributed by atoms with E-state index in [-0.39, 0.29) is 19.4 Å². The number of rotatable bonds is 8. The number of carbonyl (C=O) groups is 2. The van der Waals surface area contributed by atoms with Crippen molar-refractivity contribution in [1.29, 1.82) is 0 Å². The van der Waals surface area contributed by atoms with Crippen LogP contribution in [-0.4, -0.2) is 29.6 Å². The Bertz CT molecular complexity index is 454. The average Bonchev–Trinajstić information content (AvgIpc) is 2.43. The van der Waals surface area contributed by atoms with Crippen LogP contribution in [0.15, 0.2) is 30.3 Å². The van der Waals surface area contributed by atoms with Crippen molar-refractivity contribution in [2.75, 3.05) is 0 Å². The van der Waals surface area contributed by atoms with E-state index in [1.54, 1.807) is 24.3 Å². The van der Waals surface area contributed by atoms with Crippen molar-refractivity contribution in [2.45, 2.75) is 38.3 Å². The molecule has 0 aliphatic carbocycles. The Kier molecular flexibility index (Phi) is 7.14. The molecule has 0 fully saturated rings. The van der Waals surface area contributed by atoms with Crippen LogP contribution in [0, 0.1) is 0 Å². The van der Waals surface area contributed by atoms with Gasteiger partial charge in [0.25, 0.3) is 0 Å². The first kappa shape index (κ1) is 16.9. The van der Waals surface area contributed by atoms with Crippen molar-refractivity contribution < 1.29 is 28.2 Å². The van der Waals surface area contributed by atoms with Crippen molar-refractivity contribution in [2.24, 2.45) is 0 Å². The molecule has 2 N–H and O–H groups in total. The smallest absolute Gasteiger partial charge is 0.407 e. The molecule has 116 valence electrons. The molecule has 1 amide bonds. The monoisotopic (exact) mass is 301 g/mol. The molecule has 1 aromatic rings. The second kappa shape index (κ2) is 8.89. The van der Waals surface area contributed by atoms with E-state index in [0.29, 0.717) is 0 Å². The zero-order chi connectivity index (χ0) is 15.7. The highest BCUT2D eigenvalue weighted by molar-refractivity contribution is 5.68. The molecule has 7 heteroatoms. The van der Waals surface area contributed by atoms with Crippen LogP contribution in [0.25, 0.3) is 0 Å². The molecule has 1 atom stereocenters. The molecule has 0 saturated carbocycles. The maximum Gasteiger partial charge on any atom is 0.407 e. The molecule has 21 heavy (non-hydrogen) atoms. The summed E-state index contributed by atoms with van der Waals surface area (Å²) in [6, 6.07) is 7.97. The molecule has 0 bridgehead atoms. The van der Waals surface area contributed by atoms with E-state index in [2.05, 4.69) is 5.32 Å². The molecule has 5 nitrogen and oxygen atoms in total. The maximum atomic E-state index is 12.4. The summed E-state index contributed by atoms with van der Waals surface area (Å²) >= 11 is 0.